The number of hydrogen-bond acceptors (Lipinski definition) is 8. The number of carbonyl (C=O) groups is 1. The van der Waals surface area contributed by atoms with Crippen LogP contribution in [0.1, 0.15) is 5.56 Å². The number of tetrazole rings is 1. The highest BCUT2D eigenvalue weighted by Gasteiger charge is 2.15. The molecule has 1 aliphatic rings. The largest absolute Gasteiger partial charge is 0.454 e. The second-order valence-electron chi connectivity index (χ2n) is 5.84. The molecule has 1 aliphatic heterocycles. The number of aromatic nitrogens is 4. The van der Waals surface area contributed by atoms with Gasteiger partial charge in [0.05, 0.1) is 18.0 Å². The van der Waals surface area contributed by atoms with Crippen LogP contribution in [0.25, 0.3) is 0 Å². The predicted molar refractivity (Wildman–Crippen MR) is 107 cm³/mol. The number of carbonyl (C=O) groups excluding carboxylic acids is 1. The fraction of sp³-hybridized carbons (Fsp3) is 0.222. The second kappa shape index (κ2) is 8.53. The van der Waals surface area contributed by atoms with Crippen LogP contribution in [0, 0.1) is 0 Å². The van der Waals surface area contributed by atoms with Gasteiger partial charge in [0.1, 0.15) is 0 Å². The van der Waals surface area contributed by atoms with Crippen molar-refractivity contribution in [2.24, 2.45) is 0 Å². The van der Waals surface area contributed by atoms with Gasteiger partial charge in [0.25, 0.3) is 0 Å². The monoisotopic (exact) mass is 415 g/mol. The number of rotatable bonds is 7. The van der Waals surface area contributed by atoms with Gasteiger partial charge in [0.15, 0.2) is 11.5 Å². The first-order valence-corrected chi connectivity index (χ1v) is 10.6. The summed E-state index contributed by atoms with van der Waals surface area (Å²) in [6.45, 7) is 0.711. The maximum Gasteiger partial charge on any atom is 0.234 e. The van der Waals surface area contributed by atoms with Crippen molar-refractivity contribution in [3.63, 3.8) is 0 Å². The molecule has 0 fully saturated rings. The number of fused-ring (bicyclic) bond motifs is 1. The van der Waals surface area contributed by atoms with Crippen molar-refractivity contribution < 1.29 is 14.3 Å². The van der Waals surface area contributed by atoms with Gasteiger partial charge in [-0.2, -0.15) is 0 Å². The Kier molecular flexibility index (Phi) is 5.68. The molecule has 1 aromatic heterocycles. The predicted octanol–water partition coefficient (Wildman–Crippen LogP) is 2.90. The third-order valence-corrected chi connectivity index (χ3v) is 5.73. The number of thioether (sulfide) groups is 2. The molecule has 0 atom stereocenters. The SMILES string of the molecule is CSc1ccccc1NC(=O)CSc1nnnn1Cc1ccc2c(c1)OCO2. The Morgan fingerprint density at radius 3 is 2.96 bits per heavy atom. The molecule has 1 amide bonds. The van der Waals surface area contributed by atoms with Gasteiger partial charge in [0, 0.05) is 4.90 Å². The summed E-state index contributed by atoms with van der Waals surface area (Å²) in [4.78, 5) is 13.3. The maximum absolute atomic E-state index is 12.3. The van der Waals surface area contributed by atoms with Gasteiger partial charge in [-0.3, -0.25) is 4.79 Å². The van der Waals surface area contributed by atoms with E-state index < -0.39 is 0 Å². The Labute approximate surface area is 170 Å². The van der Waals surface area contributed by atoms with Gasteiger partial charge in [-0.05, 0) is 46.5 Å². The summed E-state index contributed by atoms with van der Waals surface area (Å²) in [5.74, 6) is 1.55. The van der Waals surface area contributed by atoms with Crippen molar-refractivity contribution in [1.82, 2.24) is 20.2 Å². The molecule has 0 spiro atoms. The molecule has 8 nitrogen and oxygen atoms in total. The summed E-state index contributed by atoms with van der Waals surface area (Å²) >= 11 is 2.88. The van der Waals surface area contributed by atoms with Crippen molar-refractivity contribution in [3.05, 3.63) is 48.0 Å². The number of nitrogens with zero attached hydrogens (tertiary/aromatic N) is 4. The van der Waals surface area contributed by atoms with E-state index in [1.54, 1.807) is 16.4 Å². The number of hydrogen-bond donors (Lipinski definition) is 1. The summed E-state index contributed by atoms with van der Waals surface area (Å²) in [7, 11) is 0. The van der Waals surface area contributed by atoms with E-state index in [1.807, 2.05) is 48.7 Å². The highest BCUT2D eigenvalue weighted by atomic mass is 32.2. The molecule has 0 aliphatic carbocycles. The van der Waals surface area contributed by atoms with E-state index in [-0.39, 0.29) is 18.5 Å². The Bertz CT molecular complexity index is 995. The molecule has 0 unspecified atom stereocenters. The quantitative estimate of drug-likeness (QED) is 0.589. The first-order valence-electron chi connectivity index (χ1n) is 8.43. The van der Waals surface area contributed by atoms with Crippen LogP contribution in [0.3, 0.4) is 0 Å². The number of benzene rings is 2. The number of nitrogens with one attached hydrogen (secondary N) is 1. The summed E-state index contributed by atoms with van der Waals surface area (Å²) in [5.41, 5.74) is 1.79. The van der Waals surface area contributed by atoms with Crippen LogP contribution in [0.2, 0.25) is 0 Å². The minimum Gasteiger partial charge on any atom is -0.454 e. The van der Waals surface area contributed by atoms with Gasteiger partial charge in [0.2, 0.25) is 17.9 Å². The summed E-state index contributed by atoms with van der Waals surface area (Å²) in [6, 6.07) is 13.4. The Morgan fingerprint density at radius 1 is 1.21 bits per heavy atom. The molecule has 0 saturated carbocycles. The van der Waals surface area contributed by atoms with Gasteiger partial charge in [-0.25, -0.2) is 4.68 Å². The Balaban J connectivity index is 1.37. The normalized spacial score (nSPS) is 12.2. The van der Waals surface area contributed by atoms with Crippen LogP contribution in [-0.2, 0) is 11.3 Å². The molecule has 2 aromatic carbocycles. The number of ether oxygens (including phenoxy) is 2. The van der Waals surface area contributed by atoms with Crippen LogP contribution >= 0.6 is 23.5 Å². The van der Waals surface area contributed by atoms with Crippen molar-refractivity contribution in [2.45, 2.75) is 16.6 Å². The molecule has 4 rings (SSSR count). The van der Waals surface area contributed by atoms with Crippen LogP contribution < -0.4 is 14.8 Å². The van der Waals surface area contributed by atoms with Gasteiger partial charge in [-0.1, -0.05) is 30.0 Å². The molecule has 1 N–H and O–H groups in total. The summed E-state index contributed by atoms with van der Waals surface area (Å²) in [5, 5.41) is 15.3. The van der Waals surface area contributed by atoms with Crippen LogP contribution in [0.4, 0.5) is 5.69 Å². The molecular formula is C18H17N5O3S2. The van der Waals surface area contributed by atoms with E-state index in [4.69, 9.17) is 9.47 Å². The molecule has 144 valence electrons. The van der Waals surface area contributed by atoms with Crippen LogP contribution in [0.5, 0.6) is 11.5 Å². The van der Waals surface area contributed by atoms with E-state index >= 15 is 0 Å². The van der Waals surface area contributed by atoms with Crippen molar-refractivity contribution in [3.8, 4) is 11.5 Å². The minimum atomic E-state index is -0.107. The molecule has 0 bridgehead atoms. The highest BCUT2D eigenvalue weighted by Crippen LogP contribution is 2.33. The third kappa shape index (κ3) is 4.23. The first-order chi connectivity index (χ1) is 13.7. The van der Waals surface area contributed by atoms with E-state index in [1.165, 1.54) is 11.8 Å². The van der Waals surface area contributed by atoms with E-state index in [0.717, 1.165) is 21.9 Å². The standard InChI is InChI=1S/C18H17N5O3S2/c1-27-16-5-3-2-4-13(16)19-17(24)10-28-18-20-21-22-23(18)9-12-6-7-14-15(8-12)26-11-25-14/h2-8H,9-11H2,1H3,(H,19,24). The molecule has 28 heavy (non-hydrogen) atoms. The van der Waals surface area contributed by atoms with Gasteiger partial charge < -0.3 is 14.8 Å². The van der Waals surface area contributed by atoms with Crippen LogP contribution in [-0.4, -0.2) is 44.9 Å². The number of amides is 1. The third-order valence-electron chi connectivity index (χ3n) is 3.98. The zero-order valence-corrected chi connectivity index (χ0v) is 16.6. The molecule has 3 aromatic rings. The second-order valence-corrected chi connectivity index (χ2v) is 7.63. The maximum atomic E-state index is 12.3. The fourth-order valence-corrected chi connectivity index (χ4v) is 3.91. The number of anilines is 1. The average molecular weight is 416 g/mol. The molecule has 0 saturated heterocycles. The lowest BCUT2D eigenvalue weighted by atomic mass is 10.2. The van der Waals surface area contributed by atoms with Gasteiger partial charge in [-0.15, -0.1) is 16.9 Å². The molecule has 0 radical (unpaired) electrons. The highest BCUT2D eigenvalue weighted by molar-refractivity contribution is 7.99. The first kappa shape index (κ1) is 18.6. The molecule has 10 heteroatoms. The van der Waals surface area contributed by atoms with Crippen molar-refractivity contribution >= 4 is 35.1 Å². The summed E-state index contributed by atoms with van der Waals surface area (Å²) < 4.78 is 12.4. The smallest absolute Gasteiger partial charge is 0.234 e. The minimum absolute atomic E-state index is 0.107. The van der Waals surface area contributed by atoms with E-state index in [9.17, 15) is 4.79 Å². The lowest BCUT2D eigenvalue weighted by Gasteiger charge is -2.09. The lowest BCUT2D eigenvalue weighted by molar-refractivity contribution is -0.113. The molecular weight excluding hydrogens is 398 g/mol. The van der Waals surface area contributed by atoms with E-state index in [2.05, 4.69) is 20.8 Å². The zero-order valence-electron chi connectivity index (χ0n) is 15.0. The zero-order chi connectivity index (χ0) is 19.3. The Morgan fingerprint density at radius 2 is 2.07 bits per heavy atom. The topological polar surface area (TPSA) is 91.2 Å². The molecule has 2 heterocycles. The number of para-hydroxylation sites is 1. The van der Waals surface area contributed by atoms with Crippen molar-refractivity contribution in [2.75, 3.05) is 24.1 Å². The van der Waals surface area contributed by atoms with Gasteiger partial charge >= 0.3 is 0 Å². The lowest BCUT2D eigenvalue weighted by Crippen LogP contribution is -2.15. The summed E-state index contributed by atoms with van der Waals surface area (Å²) in [6.07, 6.45) is 1.98. The fourth-order valence-electron chi connectivity index (χ4n) is 2.68. The Hall–Kier alpha value is -2.72. The van der Waals surface area contributed by atoms with Crippen LogP contribution in [0.15, 0.2) is 52.5 Å². The van der Waals surface area contributed by atoms with E-state index in [0.29, 0.717) is 17.5 Å². The average Bonchev–Trinajstić information content (AvgIpc) is 3.35. The van der Waals surface area contributed by atoms with Crippen molar-refractivity contribution in [1.29, 1.82) is 0 Å².